The standard InChI is InChI=1S/C5H5.C2H5.NO.2W/c1-2-4-5-3-1;2*1-2;;/h1-5H;1H2,2H3;;;/q;;-1;;+1. The Balaban J connectivity index is 0.000001000. The van der Waals surface area contributed by atoms with Crippen molar-refractivity contribution in [3.05, 3.63) is 29.2 Å². The van der Waals surface area contributed by atoms with Gasteiger partial charge in [-0.3, -0.25) is 0 Å². The van der Waals surface area contributed by atoms with E-state index in [-0.39, 0.29) is 21.1 Å². The average Bonchev–Trinajstić information content (AvgIpc) is 2.43. The first-order chi connectivity index (χ1) is 4.88. The van der Waals surface area contributed by atoms with Crippen molar-refractivity contribution < 1.29 is 38.6 Å². The molecule has 0 aromatic rings. The number of allylic oxidation sites excluding steroid dienone is 4. The van der Waals surface area contributed by atoms with E-state index in [0.29, 0.717) is 4.31 Å². The largest absolute Gasteiger partial charge is 0 e. The molecule has 0 aliphatic heterocycles. The maximum Gasteiger partial charge on any atom is 0 e. The minimum absolute atomic E-state index is 0. The topological polar surface area (TPSA) is 29.4 Å². The molecule has 0 saturated carbocycles. The molecule has 0 aromatic carbocycles. The smallest absolute Gasteiger partial charge is 0 e. The van der Waals surface area contributed by atoms with E-state index < -0.39 is 17.6 Å². The summed E-state index contributed by atoms with van der Waals surface area (Å²) < 4.78 is 3.68. The third kappa shape index (κ3) is 3.13. The summed E-state index contributed by atoms with van der Waals surface area (Å²) in [5.41, 5.74) is 0. The Kier molecular flexibility index (Phi) is 6.28. The zero-order valence-electron chi connectivity index (χ0n) is 6.27. The molecule has 2 nitrogen and oxygen atoms in total. The predicted molar refractivity (Wildman–Crippen MR) is 38.3 cm³/mol. The summed E-state index contributed by atoms with van der Waals surface area (Å²) in [5, 5.41) is 0. The Hall–Kier alpha value is 0.457. The van der Waals surface area contributed by atoms with Gasteiger partial charge in [0.05, 0.1) is 0 Å². The Labute approximate surface area is 87.2 Å². The summed E-state index contributed by atoms with van der Waals surface area (Å²) >= 11 is -1.86. The first kappa shape index (κ1) is 11.5. The first-order valence-electron chi connectivity index (χ1n) is 3.26. The Bertz CT molecular complexity index is 167. The van der Waals surface area contributed by atoms with E-state index in [1.165, 1.54) is 0 Å². The molecule has 11 heavy (non-hydrogen) atoms. The molecule has 0 N–H and O–H groups in total. The monoisotopic (exact) mass is 492 g/mol. The molecule has 0 saturated heterocycles. The van der Waals surface area contributed by atoms with Crippen LogP contribution >= 0.6 is 0 Å². The molecule has 0 radical (unpaired) electrons. The minimum atomic E-state index is -1.86. The fourth-order valence-electron chi connectivity index (χ4n) is 0.888. The second-order valence-corrected chi connectivity index (χ2v) is 9.45. The maximum atomic E-state index is 10.3. The minimum Gasteiger partial charge on any atom is 0 e. The number of hydrogen-bond acceptors (Lipinski definition) is 2. The quantitative estimate of drug-likeness (QED) is 0.558. The third-order valence-corrected chi connectivity index (χ3v) is 7.62. The van der Waals surface area contributed by atoms with Gasteiger partial charge in [-0.1, -0.05) is 0 Å². The van der Waals surface area contributed by atoms with Crippen molar-refractivity contribution in [1.82, 2.24) is 0 Å². The van der Waals surface area contributed by atoms with Crippen LogP contribution in [0.15, 0.2) is 28.0 Å². The zero-order valence-corrected chi connectivity index (χ0v) is 12.1. The van der Waals surface area contributed by atoms with Gasteiger partial charge in [0.15, 0.2) is 0 Å². The van der Waals surface area contributed by atoms with Gasteiger partial charge in [0, 0.05) is 21.1 Å². The Morgan fingerprint density at radius 3 is 2.36 bits per heavy atom. The molecule has 0 heterocycles. The second-order valence-electron chi connectivity index (χ2n) is 2.00. The Morgan fingerprint density at radius 1 is 1.45 bits per heavy atom. The van der Waals surface area contributed by atoms with Crippen molar-refractivity contribution in [3.63, 3.8) is 0 Å². The SMILES string of the molecule is C[CH2][W]([N]=O)[CH]1C=CC=C1.[W]. The van der Waals surface area contributed by atoms with Crippen LogP contribution in [-0.4, -0.2) is 0 Å². The molecule has 0 fully saturated rings. The van der Waals surface area contributed by atoms with Crippen molar-refractivity contribution in [2.45, 2.75) is 16.0 Å². The summed E-state index contributed by atoms with van der Waals surface area (Å²) in [6.07, 6.45) is 8.20. The van der Waals surface area contributed by atoms with E-state index in [9.17, 15) is 4.91 Å². The summed E-state index contributed by atoms with van der Waals surface area (Å²) in [6.45, 7) is 2.06. The van der Waals surface area contributed by atoms with Crippen molar-refractivity contribution in [1.29, 1.82) is 0 Å². The van der Waals surface area contributed by atoms with Crippen LogP contribution in [0.3, 0.4) is 0 Å². The van der Waals surface area contributed by atoms with Gasteiger partial charge >= 0.3 is 66.5 Å². The summed E-state index contributed by atoms with van der Waals surface area (Å²) in [6, 6.07) is 0. The van der Waals surface area contributed by atoms with E-state index in [2.05, 4.69) is 22.8 Å². The fourth-order valence-corrected chi connectivity index (χ4v) is 4.96. The van der Waals surface area contributed by atoms with Crippen LogP contribution in [0.2, 0.25) is 9.12 Å². The van der Waals surface area contributed by atoms with E-state index in [1.807, 2.05) is 12.2 Å². The van der Waals surface area contributed by atoms with Crippen LogP contribution in [0.5, 0.6) is 0 Å². The number of nitroso groups, excluding NO2 is 1. The Morgan fingerprint density at radius 2 is 2.00 bits per heavy atom. The molecule has 1 aliphatic carbocycles. The molecule has 1 aliphatic rings. The van der Waals surface area contributed by atoms with Crippen LogP contribution in [0.1, 0.15) is 6.92 Å². The van der Waals surface area contributed by atoms with Gasteiger partial charge < -0.3 is 0 Å². The molecule has 4 heteroatoms. The van der Waals surface area contributed by atoms with Crippen molar-refractivity contribution >= 4 is 0 Å². The molecular formula is C7H10NOW2. The van der Waals surface area contributed by atoms with Crippen LogP contribution in [-0.2, 0) is 38.6 Å². The molecule has 61 valence electrons. The zero-order chi connectivity index (χ0) is 7.40. The average molecular weight is 492 g/mol. The molecule has 0 amide bonds. The van der Waals surface area contributed by atoms with Crippen LogP contribution in [0.4, 0.5) is 0 Å². The van der Waals surface area contributed by atoms with Crippen LogP contribution < -0.4 is 0 Å². The van der Waals surface area contributed by atoms with Gasteiger partial charge in [0.1, 0.15) is 0 Å². The van der Waals surface area contributed by atoms with E-state index >= 15 is 0 Å². The molecule has 0 aromatic heterocycles. The summed E-state index contributed by atoms with van der Waals surface area (Å²) in [7, 11) is 0. The van der Waals surface area contributed by atoms with Crippen molar-refractivity contribution in [2.24, 2.45) is 3.74 Å². The molecule has 0 unspecified atom stereocenters. The summed E-state index contributed by atoms with van der Waals surface area (Å²) in [5.74, 6) is 0. The predicted octanol–water partition coefficient (Wildman–Crippen LogP) is 2.64. The molecule has 0 atom stereocenters. The van der Waals surface area contributed by atoms with Gasteiger partial charge in [0.2, 0.25) is 0 Å². The van der Waals surface area contributed by atoms with E-state index in [4.69, 9.17) is 0 Å². The molecule has 0 bridgehead atoms. The molecule has 0 spiro atoms. The van der Waals surface area contributed by atoms with Crippen molar-refractivity contribution in [2.75, 3.05) is 0 Å². The van der Waals surface area contributed by atoms with Crippen LogP contribution in [0, 0.1) is 4.91 Å². The van der Waals surface area contributed by atoms with Gasteiger partial charge in [-0.25, -0.2) is 0 Å². The van der Waals surface area contributed by atoms with Gasteiger partial charge in [-0.15, -0.1) is 0 Å². The maximum absolute atomic E-state index is 10.3. The summed E-state index contributed by atoms with van der Waals surface area (Å²) in [4.78, 5) is 11.3. The fraction of sp³-hybridized carbons (Fsp3) is 0.429. The second kappa shape index (κ2) is 6.03. The van der Waals surface area contributed by atoms with Gasteiger partial charge in [0.25, 0.3) is 0 Å². The molecule has 1 rings (SSSR count). The number of rotatable bonds is 3. The van der Waals surface area contributed by atoms with E-state index in [0.717, 1.165) is 4.81 Å². The third-order valence-electron chi connectivity index (χ3n) is 1.42. The normalized spacial score (nSPS) is 15.5. The van der Waals surface area contributed by atoms with Crippen LogP contribution in [0.25, 0.3) is 0 Å². The van der Waals surface area contributed by atoms with Crippen molar-refractivity contribution in [3.8, 4) is 0 Å². The molecular weight excluding hydrogens is 482 g/mol. The van der Waals surface area contributed by atoms with E-state index in [1.54, 1.807) is 0 Å². The van der Waals surface area contributed by atoms with Gasteiger partial charge in [-0.05, 0) is 0 Å². The van der Waals surface area contributed by atoms with Gasteiger partial charge in [-0.2, -0.15) is 0 Å². The number of hydrogen-bond donors (Lipinski definition) is 0. The number of nitrogens with zero attached hydrogens (tertiary/aromatic N) is 1. The first-order valence-corrected chi connectivity index (χ1v) is 8.34.